The fourth-order valence-corrected chi connectivity index (χ4v) is 1.38. The average molecular weight is 207 g/mol. The molecule has 1 N–H and O–H groups in total. The minimum atomic E-state index is -0.404. The number of nitro benzene ring substituents is 1. The van der Waals surface area contributed by atoms with Crippen LogP contribution >= 0.6 is 0 Å². The fourth-order valence-electron chi connectivity index (χ4n) is 1.38. The predicted octanol–water partition coefficient (Wildman–Crippen LogP) is 2.08. The van der Waals surface area contributed by atoms with Crippen LogP contribution in [-0.4, -0.2) is 24.7 Å². The quantitative estimate of drug-likeness (QED) is 0.468. The minimum Gasteiger partial charge on any atom is -0.382 e. The van der Waals surface area contributed by atoms with Gasteiger partial charge in [-0.2, -0.15) is 0 Å². The van der Waals surface area contributed by atoms with Gasteiger partial charge >= 0.3 is 0 Å². The number of nitro groups is 1. The Morgan fingerprint density at radius 2 is 2.20 bits per heavy atom. The first kappa shape index (κ1) is 11.2. The van der Waals surface area contributed by atoms with E-state index in [2.05, 4.69) is 10.3 Å². The molecule has 80 valence electrons. The monoisotopic (exact) mass is 207 g/mol. The van der Waals surface area contributed by atoms with Crippen molar-refractivity contribution in [1.82, 2.24) is 0 Å². The van der Waals surface area contributed by atoms with Crippen LogP contribution < -0.4 is 5.32 Å². The van der Waals surface area contributed by atoms with E-state index in [-0.39, 0.29) is 5.69 Å². The molecule has 0 atom stereocenters. The fraction of sp³-hybridized carbons (Fsp3) is 0.300. The number of hydrogen-bond acceptors (Lipinski definition) is 4. The van der Waals surface area contributed by atoms with E-state index in [1.165, 1.54) is 6.07 Å². The third-order valence-corrected chi connectivity index (χ3v) is 2.21. The molecule has 0 amide bonds. The Balaban J connectivity index is 3.41. The normalized spacial score (nSPS) is 11.3. The molecule has 0 aromatic heterocycles. The predicted molar refractivity (Wildman–Crippen MR) is 60.8 cm³/mol. The van der Waals surface area contributed by atoms with Crippen molar-refractivity contribution in [2.45, 2.75) is 6.92 Å². The SMILES string of the molecule is CN=C(C)c1cccc([N+](=O)[O-])c1NC. The van der Waals surface area contributed by atoms with Gasteiger partial charge in [-0.25, -0.2) is 0 Å². The van der Waals surface area contributed by atoms with E-state index < -0.39 is 4.92 Å². The lowest BCUT2D eigenvalue weighted by atomic mass is 10.1. The van der Waals surface area contributed by atoms with E-state index in [0.29, 0.717) is 5.69 Å². The summed E-state index contributed by atoms with van der Waals surface area (Å²) in [5.74, 6) is 0. The second-order valence-electron chi connectivity index (χ2n) is 3.02. The van der Waals surface area contributed by atoms with Crippen molar-refractivity contribution >= 4 is 17.1 Å². The first-order chi connectivity index (χ1) is 7.11. The lowest BCUT2D eigenvalue weighted by Crippen LogP contribution is -2.04. The van der Waals surface area contributed by atoms with Gasteiger partial charge in [-0.15, -0.1) is 0 Å². The first-order valence-electron chi connectivity index (χ1n) is 4.50. The van der Waals surface area contributed by atoms with Gasteiger partial charge in [-0.1, -0.05) is 12.1 Å². The molecule has 0 aliphatic rings. The van der Waals surface area contributed by atoms with E-state index in [1.54, 1.807) is 26.2 Å². The van der Waals surface area contributed by atoms with Gasteiger partial charge in [-0.3, -0.25) is 15.1 Å². The summed E-state index contributed by atoms with van der Waals surface area (Å²) in [5.41, 5.74) is 2.10. The van der Waals surface area contributed by atoms with Gasteiger partial charge in [0.25, 0.3) is 5.69 Å². The van der Waals surface area contributed by atoms with E-state index >= 15 is 0 Å². The summed E-state index contributed by atoms with van der Waals surface area (Å²) in [5, 5.41) is 13.6. The Morgan fingerprint density at radius 3 is 2.67 bits per heavy atom. The molecule has 1 aromatic carbocycles. The van der Waals surface area contributed by atoms with Crippen LogP contribution in [0.15, 0.2) is 23.2 Å². The summed E-state index contributed by atoms with van der Waals surface area (Å²) in [6.07, 6.45) is 0. The summed E-state index contributed by atoms with van der Waals surface area (Å²) >= 11 is 0. The van der Waals surface area contributed by atoms with Crippen LogP contribution in [0.25, 0.3) is 0 Å². The number of nitrogens with one attached hydrogen (secondary N) is 1. The number of aliphatic imine (C=N–C) groups is 1. The molecule has 0 spiro atoms. The molecule has 0 saturated heterocycles. The van der Waals surface area contributed by atoms with Crippen molar-refractivity contribution in [3.63, 3.8) is 0 Å². The highest BCUT2D eigenvalue weighted by atomic mass is 16.6. The van der Waals surface area contributed by atoms with Gasteiger partial charge in [0.15, 0.2) is 0 Å². The highest BCUT2D eigenvalue weighted by Crippen LogP contribution is 2.28. The zero-order valence-corrected chi connectivity index (χ0v) is 8.94. The molecular weight excluding hydrogens is 194 g/mol. The van der Waals surface area contributed by atoms with E-state index in [9.17, 15) is 10.1 Å². The maximum absolute atomic E-state index is 10.8. The van der Waals surface area contributed by atoms with Gasteiger partial charge in [-0.05, 0) is 6.92 Å². The molecule has 0 fully saturated rings. The van der Waals surface area contributed by atoms with Crippen LogP contribution in [0.4, 0.5) is 11.4 Å². The highest BCUT2D eigenvalue weighted by molar-refractivity contribution is 6.05. The van der Waals surface area contributed by atoms with E-state index in [4.69, 9.17) is 0 Å². The minimum absolute atomic E-state index is 0.0676. The summed E-state index contributed by atoms with van der Waals surface area (Å²) in [7, 11) is 3.32. The summed E-state index contributed by atoms with van der Waals surface area (Å²) < 4.78 is 0. The Bertz CT molecular complexity index is 413. The second kappa shape index (κ2) is 4.54. The van der Waals surface area contributed by atoms with Gasteiger partial charge in [0.05, 0.1) is 4.92 Å². The molecule has 0 unspecified atom stereocenters. The molecule has 0 aliphatic heterocycles. The van der Waals surface area contributed by atoms with Crippen molar-refractivity contribution in [2.24, 2.45) is 4.99 Å². The van der Waals surface area contributed by atoms with Crippen LogP contribution in [0.1, 0.15) is 12.5 Å². The van der Waals surface area contributed by atoms with Crippen LogP contribution in [0.2, 0.25) is 0 Å². The standard InChI is InChI=1S/C10H13N3O2/c1-7(11-2)8-5-4-6-9(13(14)15)10(8)12-3/h4-6,12H,1-3H3. The molecule has 0 aliphatic carbocycles. The van der Waals surface area contributed by atoms with Gasteiger partial charge < -0.3 is 5.32 Å². The van der Waals surface area contributed by atoms with Crippen molar-refractivity contribution in [2.75, 3.05) is 19.4 Å². The van der Waals surface area contributed by atoms with Crippen LogP contribution in [0.3, 0.4) is 0 Å². The molecule has 0 heterocycles. The van der Waals surface area contributed by atoms with Crippen molar-refractivity contribution < 1.29 is 4.92 Å². The molecule has 0 saturated carbocycles. The molecule has 5 nitrogen and oxygen atoms in total. The third-order valence-electron chi connectivity index (χ3n) is 2.21. The summed E-state index contributed by atoms with van der Waals surface area (Å²) in [6.45, 7) is 1.82. The molecular formula is C10H13N3O2. The number of anilines is 1. The van der Waals surface area contributed by atoms with E-state index in [1.807, 2.05) is 6.92 Å². The Kier molecular flexibility index (Phi) is 3.38. The first-order valence-corrected chi connectivity index (χ1v) is 4.50. The Morgan fingerprint density at radius 1 is 1.53 bits per heavy atom. The zero-order valence-electron chi connectivity index (χ0n) is 8.94. The van der Waals surface area contributed by atoms with Crippen LogP contribution in [0, 0.1) is 10.1 Å². The van der Waals surface area contributed by atoms with Gasteiger partial charge in [0, 0.05) is 31.4 Å². The zero-order chi connectivity index (χ0) is 11.4. The smallest absolute Gasteiger partial charge is 0.292 e. The van der Waals surface area contributed by atoms with E-state index in [0.717, 1.165) is 11.3 Å². The van der Waals surface area contributed by atoms with Crippen molar-refractivity contribution in [1.29, 1.82) is 0 Å². The third kappa shape index (κ3) is 2.12. The number of hydrogen-bond donors (Lipinski definition) is 1. The maximum Gasteiger partial charge on any atom is 0.292 e. The van der Waals surface area contributed by atoms with Gasteiger partial charge in [0.2, 0.25) is 0 Å². The van der Waals surface area contributed by atoms with Crippen molar-refractivity contribution in [3.05, 3.63) is 33.9 Å². The van der Waals surface area contributed by atoms with Crippen LogP contribution in [-0.2, 0) is 0 Å². The number of para-hydroxylation sites is 1. The Hall–Kier alpha value is -1.91. The maximum atomic E-state index is 10.8. The molecule has 0 bridgehead atoms. The molecule has 15 heavy (non-hydrogen) atoms. The van der Waals surface area contributed by atoms with Gasteiger partial charge in [0.1, 0.15) is 5.69 Å². The number of benzene rings is 1. The topological polar surface area (TPSA) is 67.5 Å². The average Bonchev–Trinajstić information content (AvgIpc) is 2.26. The highest BCUT2D eigenvalue weighted by Gasteiger charge is 2.16. The van der Waals surface area contributed by atoms with Crippen molar-refractivity contribution in [3.8, 4) is 0 Å². The number of nitrogens with zero attached hydrogens (tertiary/aromatic N) is 2. The Labute approximate surface area is 88.0 Å². The molecule has 0 radical (unpaired) electrons. The summed E-state index contributed by atoms with van der Waals surface area (Å²) in [6, 6.07) is 4.93. The summed E-state index contributed by atoms with van der Waals surface area (Å²) in [4.78, 5) is 14.4. The largest absolute Gasteiger partial charge is 0.382 e. The lowest BCUT2D eigenvalue weighted by molar-refractivity contribution is -0.383. The number of rotatable bonds is 3. The molecule has 1 rings (SSSR count). The molecule has 1 aromatic rings. The molecule has 5 heteroatoms. The van der Waals surface area contributed by atoms with Crippen LogP contribution in [0.5, 0.6) is 0 Å². The second-order valence-corrected chi connectivity index (χ2v) is 3.02. The lowest BCUT2D eigenvalue weighted by Gasteiger charge is -2.08.